The first kappa shape index (κ1) is 16.1. The Hall–Kier alpha value is -1.27. The van der Waals surface area contributed by atoms with Crippen molar-refractivity contribution in [1.29, 1.82) is 0 Å². The second kappa shape index (κ2) is 4.88. The highest BCUT2D eigenvalue weighted by molar-refractivity contribution is 7.81. The van der Waals surface area contributed by atoms with Crippen molar-refractivity contribution in [3.63, 3.8) is 0 Å². The monoisotopic (exact) mass is 324 g/mol. The number of quaternary nitrogens is 2. The van der Waals surface area contributed by atoms with E-state index >= 15 is 0 Å². The molecule has 2 fully saturated rings. The number of amides is 4. The molecule has 11 heteroatoms. The molecule has 0 saturated carbocycles. The third kappa shape index (κ3) is 2.87. The largest absolute Gasteiger partial charge is 0.492 e. The molecule has 2 aliphatic heterocycles. The highest BCUT2D eigenvalue weighted by Crippen LogP contribution is 2.24. The van der Waals surface area contributed by atoms with Crippen LogP contribution in [0.25, 0.3) is 0 Å². The van der Waals surface area contributed by atoms with Crippen LogP contribution < -0.4 is 0 Å². The zero-order chi connectivity index (χ0) is 16.1. The number of hydrogen-bond donors (Lipinski definition) is 0. The molecule has 0 aromatic carbocycles. The molecule has 2 aliphatic rings. The van der Waals surface area contributed by atoms with Crippen LogP contribution in [0.1, 0.15) is 0 Å². The van der Waals surface area contributed by atoms with Crippen LogP contribution in [0.4, 0.5) is 9.59 Å². The lowest BCUT2D eigenvalue weighted by Gasteiger charge is -2.24. The lowest BCUT2D eigenvalue weighted by atomic mass is 10.6. The summed E-state index contributed by atoms with van der Waals surface area (Å²) in [6, 6.07) is -0.982. The molecule has 0 aliphatic carbocycles. The molecule has 0 N–H and O–H groups in total. The maximum absolute atomic E-state index is 12.0. The number of nitrogens with zero attached hydrogens (tertiary/aromatic N) is 4. The smallest absolute Gasteiger partial charge is 0.287 e. The first-order valence-corrected chi connectivity index (χ1v) is 7.72. The van der Waals surface area contributed by atoms with Gasteiger partial charge in [0.15, 0.2) is 0 Å². The summed E-state index contributed by atoms with van der Waals surface area (Å²) in [7, 11) is 1.25. The van der Waals surface area contributed by atoms with Crippen LogP contribution in [0.2, 0.25) is 0 Å². The summed E-state index contributed by atoms with van der Waals surface area (Å²) in [6.07, 6.45) is 0. The molecule has 2 saturated heterocycles. The Morgan fingerprint density at radius 1 is 0.905 bits per heavy atom. The van der Waals surface area contributed by atoms with E-state index < -0.39 is 31.8 Å². The fourth-order valence-corrected chi connectivity index (χ4v) is 3.45. The van der Waals surface area contributed by atoms with Crippen molar-refractivity contribution in [2.45, 2.75) is 0 Å². The maximum atomic E-state index is 12.0. The second-order valence-electron chi connectivity index (χ2n) is 5.61. The Balaban J connectivity index is 2.13. The standard InChI is InChI=1S/C10H20N4O6S/c1-11-5-7-13(3,9(11)15)19-21(17,18)20-14(4)8-6-12(2)10(14)16/h5-8H2,1-4H3/q+2. The third-order valence-electron chi connectivity index (χ3n) is 3.70. The zero-order valence-electron chi connectivity index (χ0n) is 12.5. The molecule has 10 nitrogen and oxygen atoms in total. The van der Waals surface area contributed by atoms with E-state index in [1.54, 1.807) is 14.1 Å². The van der Waals surface area contributed by atoms with Gasteiger partial charge >= 0.3 is 22.5 Å². The van der Waals surface area contributed by atoms with Crippen molar-refractivity contribution < 1.29 is 35.9 Å². The van der Waals surface area contributed by atoms with E-state index in [9.17, 15) is 18.0 Å². The first-order chi connectivity index (χ1) is 9.49. The molecule has 0 spiro atoms. The lowest BCUT2D eigenvalue weighted by Crippen LogP contribution is -2.53. The molecule has 0 radical (unpaired) electrons. The quantitative estimate of drug-likeness (QED) is 0.623. The lowest BCUT2D eigenvalue weighted by molar-refractivity contribution is -1.01. The number of hydroxylamine groups is 6. The van der Waals surface area contributed by atoms with Crippen molar-refractivity contribution in [2.24, 2.45) is 0 Å². The first-order valence-electron chi connectivity index (χ1n) is 6.39. The highest BCUT2D eigenvalue weighted by Gasteiger charge is 2.53. The van der Waals surface area contributed by atoms with Gasteiger partial charge in [-0.15, -0.1) is 0 Å². The van der Waals surface area contributed by atoms with Gasteiger partial charge in [0.25, 0.3) is 0 Å². The normalized spacial score (nSPS) is 34.1. The van der Waals surface area contributed by atoms with Crippen LogP contribution in [0.3, 0.4) is 0 Å². The number of carbonyl (C=O) groups excluding carboxylic acids is 2. The van der Waals surface area contributed by atoms with Gasteiger partial charge in [-0.1, -0.05) is 9.29 Å². The minimum absolute atomic E-state index is 0.176. The summed E-state index contributed by atoms with van der Waals surface area (Å²) >= 11 is 0. The second-order valence-corrected chi connectivity index (χ2v) is 6.73. The van der Waals surface area contributed by atoms with Gasteiger partial charge in [0, 0.05) is 14.1 Å². The molecule has 0 aromatic heterocycles. The summed E-state index contributed by atoms with van der Waals surface area (Å²) in [5.41, 5.74) is 0. The van der Waals surface area contributed by atoms with Crippen molar-refractivity contribution in [2.75, 3.05) is 54.4 Å². The summed E-state index contributed by atoms with van der Waals surface area (Å²) in [5, 5.41) is 0. The molecular weight excluding hydrogens is 304 g/mol. The van der Waals surface area contributed by atoms with Crippen LogP contribution in [-0.2, 0) is 19.0 Å². The minimum atomic E-state index is -4.53. The maximum Gasteiger partial charge on any atom is 0.492 e. The molecule has 2 heterocycles. The number of rotatable bonds is 4. The molecule has 0 aromatic rings. The van der Waals surface area contributed by atoms with Crippen molar-refractivity contribution in [3.8, 4) is 0 Å². The van der Waals surface area contributed by atoms with Gasteiger partial charge in [-0.05, 0) is 8.57 Å². The van der Waals surface area contributed by atoms with E-state index in [-0.39, 0.29) is 13.1 Å². The molecule has 4 amide bonds. The topological polar surface area (TPSA) is 93.2 Å². The molecule has 120 valence electrons. The van der Waals surface area contributed by atoms with Crippen molar-refractivity contribution in [1.82, 2.24) is 9.80 Å². The number of carbonyl (C=O) groups is 2. The van der Waals surface area contributed by atoms with Crippen LogP contribution in [0.5, 0.6) is 0 Å². The van der Waals surface area contributed by atoms with E-state index in [1.165, 1.54) is 23.9 Å². The SMILES string of the molecule is CN1CC[N+](C)(OS(=O)(=O)O[N+]2(C)CCN(C)C2=O)C1=O. The van der Waals surface area contributed by atoms with E-state index in [4.69, 9.17) is 8.57 Å². The molecule has 0 bridgehead atoms. The molecule has 2 rings (SSSR count). The molecule has 2 unspecified atom stereocenters. The minimum Gasteiger partial charge on any atom is -0.287 e. The Morgan fingerprint density at radius 3 is 1.48 bits per heavy atom. The van der Waals surface area contributed by atoms with E-state index in [0.29, 0.717) is 13.1 Å². The van der Waals surface area contributed by atoms with Gasteiger partial charge in [-0.2, -0.15) is 8.42 Å². The zero-order valence-corrected chi connectivity index (χ0v) is 13.3. The molecular formula is C10H20N4O6S+2. The van der Waals surface area contributed by atoms with E-state index in [0.717, 1.165) is 0 Å². The molecule has 21 heavy (non-hydrogen) atoms. The Bertz CT molecular complexity index is 536. The van der Waals surface area contributed by atoms with E-state index in [1.807, 2.05) is 0 Å². The number of urea groups is 2. The van der Waals surface area contributed by atoms with Gasteiger partial charge in [0.1, 0.15) is 27.2 Å². The fraction of sp³-hybridized carbons (Fsp3) is 0.800. The van der Waals surface area contributed by atoms with Crippen LogP contribution in [0.15, 0.2) is 0 Å². The van der Waals surface area contributed by atoms with Gasteiger partial charge in [-0.3, -0.25) is 9.80 Å². The summed E-state index contributed by atoms with van der Waals surface area (Å²) in [4.78, 5) is 26.5. The van der Waals surface area contributed by atoms with Crippen molar-refractivity contribution in [3.05, 3.63) is 0 Å². The van der Waals surface area contributed by atoms with Crippen LogP contribution >= 0.6 is 0 Å². The predicted octanol–water partition coefficient (Wildman–Crippen LogP) is -0.882. The van der Waals surface area contributed by atoms with Gasteiger partial charge in [0.2, 0.25) is 0 Å². The average Bonchev–Trinajstić information content (AvgIpc) is 2.74. The van der Waals surface area contributed by atoms with Crippen LogP contribution in [0, 0.1) is 0 Å². The third-order valence-corrected chi connectivity index (χ3v) is 4.72. The summed E-state index contributed by atoms with van der Waals surface area (Å²) in [5.74, 6) is 0. The Kier molecular flexibility index (Phi) is 3.74. The van der Waals surface area contributed by atoms with Gasteiger partial charge < -0.3 is 0 Å². The molecule has 2 atom stereocenters. The highest BCUT2D eigenvalue weighted by atomic mass is 32.3. The predicted molar refractivity (Wildman–Crippen MR) is 69.2 cm³/mol. The summed E-state index contributed by atoms with van der Waals surface area (Å²) < 4.78 is 32.3. The van der Waals surface area contributed by atoms with Crippen LogP contribution in [-0.4, -0.2) is 93.9 Å². The van der Waals surface area contributed by atoms with Crippen molar-refractivity contribution >= 4 is 22.5 Å². The summed E-state index contributed by atoms with van der Waals surface area (Å²) in [6.45, 7) is 1.10. The fourth-order valence-electron chi connectivity index (χ4n) is 2.34. The van der Waals surface area contributed by atoms with Gasteiger partial charge in [0.05, 0.1) is 13.1 Å². The number of likely N-dealkylation sites (N-methyl/N-ethyl adjacent to an activating group) is 4. The Labute approximate surface area is 123 Å². The Morgan fingerprint density at radius 2 is 1.24 bits per heavy atom. The number of hydrogen-bond acceptors (Lipinski definition) is 6. The van der Waals surface area contributed by atoms with E-state index in [2.05, 4.69) is 0 Å². The van der Waals surface area contributed by atoms with Gasteiger partial charge in [-0.25, -0.2) is 9.59 Å². The average molecular weight is 324 g/mol.